The van der Waals surface area contributed by atoms with Crippen LogP contribution in [0.2, 0.25) is 0 Å². The van der Waals surface area contributed by atoms with Gasteiger partial charge in [0.25, 0.3) is 0 Å². The summed E-state index contributed by atoms with van der Waals surface area (Å²) >= 11 is 0. The number of hydrogen-bond donors (Lipinski definition) is 0. The van der Waals surface area contributed by atoms with Crippen LogP contribution in [-0.4, -0.2) is 26.2 Å². The topological polar surface area (TPSA) is 71.1 Å². The molecule has 204 valence electrons. The first kappa shape index (κ1) is 25.4. The number of ether oxygens (including phenoxy) is 4. The minimum absolute atomic E-state index is 0.235. The lowest BCUT2D eigenvalue weighted by atomic mass is 9.87. The molecule has 0 saturated carbocycles. The molecule has 0 spiro atoms. The van der Waals surface area contributed by atoms with Crippen LogP contribution in [0.15, 0.2) is 109 Å². The monoisotopic (exact) mass is 552 g/mol. The summed E-state index contributed by atoms with van der Waals surface area (Å²) < 4.78 is 23.8. The summed E-state index contributed by atoms with van der Waals surface area (Å²) in [7, 11) is 3.05. The summed E-state index contributed by atoms with van der Waals surface area (Å²) in [6.45, 7) is 0. The van der Waals surface area contributed by atoms with Crippen LogP contribution in [-0.2, 0) is 0 Å². The molecule has 0 N–H and O–H groups in total. The average Bonchev–Trinajstić information content (AvgIpc) is 3.03. The first-order valence-corrected chi connectivity index (χ1v) is 13.4. The highest BCUT2D eigenvalue weighted by atomic mass is 16.5. The van der Waals surface area contributed by atoms with Crippen LogP contribution in [0.3, 0.4) is 0 Å². The van der Waals surface area contributed by atoms with Gasteiger partial charge in [-0.15, -0.1) is 0 Å². The molecule has 0 aliphatic carbocycles. The van der Waals surface area contributed by atoms with Crippen molar-refractivity contribution >= 4 is 33.5 Å². The third-order valence-electron chi connectivity index (χ3n) is 7.62. The summed E-state index contributed by atoms with van der Waals surface area (Å²) in [6, 6.07) is 33.1. The molecular formula is C36H24O6. The maximum atomic E-state index is 14.2. The maximum absolute atomic E-state index is 14.2. The van der Waals surface area contributed by atoms with E-state index in [1.54, 1.807) is 48.5 Å². The molecule has 0 aromatic heterocycles. The minimum atomic E-state index is -0.575. The molecule has 1 heterocycles. The zero-order valence-electron chi connectivity index (χ0n) is 22.8. The highest BCUT2D eigenvalue weighted by Crippen LogP contribution is 2.49. The Balaban J connectivity index is 1.63. The number of fused-ring (bicyclic) bond motifs is 10. The number of hydrogen-bond acceptors (Lipinski definition) is 6. The second-order valence-corrected chi connectivity index (χ2v) is 9.86. The Kier molecular flexibility index (Phi) is 6.09. The van der Waals surface area contributed by atoms with Crippen LogP contribution < -0.4 is 18.9 Å². The van der Waals surface area contributed by atoms with E-state index < -0.39 is 11.9 Å². The summed E-state index contributed by atoms with van der Waals surface area (Å²) in [6.07, 6.45) is 0. The van der Waals surface area contributed by atoms with Gasteiger partial charge in [-0.2, -0.15) is 0 Å². The van der Waals surface area contributed by atoms with Gasteiger partial charge in [-0.1, -0.05) is 72.8 Å². The fourth-order valence-electron chi connectivity index (χ4n) is 5.76. The Bertz CT molecular complexity index is 1910. The molecule has 6 aromatic carbocycles. The van der Waals surface area contributed by atoms with Crippen LogP contribution >= 0.6 is 0 Å². The van der Waals surface area contributed by atoms with Gasteiger partial charge in [-0.3, -0.25) is 0 Å². The molecule has 0 fully saturated rings. The largest absolute Gasteiger partial charge is 0.496 e. The van der Waals surface area contributed by atoms with E-state index in [4.69, 9.17) is 18.9 Å². The van der Waals surface area contributed by atoms with E-state index in [0.717, 1.165) is 21.5 Å². The third-order valence-corrected chi connectivity index (χ3v) is 7.62. The van der Waals surface area contributed by atoms with Crippen molar-refractivity contribution in [1.29, 1.82) is 0 Å². The number of rotatable bonds is 2. The van der Waals surface area contributed by atoms with Crippen molar-refractivity contribution in [3.8, 4) is 45.3 Å². The van der Waals surface area contributed by atoms with Crippen LogP contribution in [0, 0.1) is 0 Å². The maximum Gasteiger partial charge on any atom is 0.344 e. The van der Waals surface area contributed by atoms with Gasteiger partial charge in [0, 0.05) is 11.1 Å². The molecule has 0 radical (unpaired) electrons. The molecule has 6 nitrogen and oxygen atoms in total. The summed E-state index contributed by atoms with van der Waals surface area (Å²) in [5.41, 5.74) is 2.67. The Morgan fingerprint density at radius 3 is 1.31 bits per heavy atom. The predicted octanol–water partition coefficient (Wildman–Crippen LogP) is 8.10. The lowest BCUT2D eigenvalue weighted by Gasteiger charge is -2.22. The Morgan fingerprint density at radius 1 is 0.452 bits per heavy atom. The number of carbonyl (C=O) groups is 2. The quantitative estimate of drug-likeness (QED) is 0.160. The Hall–Kier alpha value is -5.62. The van der Waals surface area contributed by atoms with Crippen molar-refractivity contribution in [2.24, 2.45) is 0 Å². The molecule has 1 aliphatic rings. The fourth-order valence-corrected chi connectivity index (χ4v) is 5.76. The van der Waals surface area contributed by atoms with Gasteiger partial charge >= 0.3 is 11.9 Å². The normalized spacial score (nSPS) is 12.5. The van der Waals surface area contributed by atoms with Crippen molar-refractivity contribution in [2.75, 3.05) is 14.2 Å². The van der Waals surface area contributed by atoms with Crippen LogP contribution in [0.4, 0.5) is 0 Å². The summed E-state index contributed by atoms with van der Waals surface area (Å²) in [5, 5.41) is 3.45. The lowest BCUT2D eigenvalue weighted by molar-refractivity contribution is 0.0721. The predicted molar refractivity (Wildman–Crippen MR) is 162 cm³/mol. The number of methoxy groups -OCH3 is 2. The smallest absolute Gasteiger partial charge is 0.344 e. The molecule has 6 heteroatoms. The molecule has 42 heavy (non-hydrogen) atoms. The molecule has 0 atom stereocenters. The molecule has 0 unspecified atom stereocenters. The van der Waals surface area contributed by atoms with Crippen molar-refractivity contribution in [1.82, 2.24) is 0 Å². The summed E-state index contributed by atoms with van der Waals surface area (Å²) in [4.78, 5) is 28.4. The fraction of sp³-hybridized carbons (Fsp3) is 0.0556. The van der Waals surface area contributed by atoms with Crippen molar-refractivity contribution in [3.05, 3.63) is 120 Å². The average molecular weight is 553 g/mol. The van der Waals surface area contributed by atoms with E-state index in [-0.39, 0.29) is 11.5 Å². The minimum Gasteiger partial charge on any atom is -0.496 e. The van der Waals surface area contributed by atoms with E-state index in [2.05, 4.69) is 0 Å². The number of esters is 2. The van der Waals surface area contributed by atoms with Crippen LogP contribution in [0.25, 0.3) is 43.8 Å². The van der Waals surface area contributed by atoms with Gasteiger partial charge in [-0.05, 0) is 57.9 Å². The lowest BCUT2D eigenvalue weighted by Crippen LogP contribution is -2.16. The molecular weight excluding hydrogens is 528 g/mol. The SMILES string of the molecule is COc1cccc2c1-c1c(OC)cccc1OC(=O)c1ccc3ccccc3c1-c1c(ccc3ccccc13)C(=O)O2. The molecule has 1 aliphatic heterocycles. The highest BCUT2D eigenvalue weighted by molar-refractivity contribution is 6.18. The van der Waals surface area contributed by atoms with Crippen molar-refractivity contribution < 1.29 is 28.5 Å². The van der Waals surface area contributed by atoms with Gasteiger partial charge in [0.05, 0.1) is 36.5 Å². The second-order valence-electron chi connectivity index (χ2n) is 9.86. The first-order valence-electron chi connectivity index (χ1n) is 13.4. The molecule has 7 rings (SSSR count). The van der Waals surface area contributed by atoms with Gasteiger partial charge in [0.15, 0.2) is 0 Å². The van der Waals surface area contributed by atoms with E-state index in [1.165, 1.54) is 14.2 Å². The van der Waals surface area contributed by atoms with Crippen molar-refractivity contribution in [3.63, 3.8) is 0 Å². The zero-order chi connectivity index (χ0) is 28.8. The van der Waals surface area contributed by atoms with E-state index in [1.807, 2.05) is 60.7 Å². The zero-order valence-corrected chi connectivity index (χ0v) is 22.8. The molecule has 0 saturated heterocycles. The van der Waals surface area contributed by atoms with Crippen LogP contribution in [0.1, 0.15) is 20.7 Å². The molecule has 0 amide bonds. The van der Waals surface area contributed by atoms with E-state index in [9.17, 15) is 9.59 Å². The van der Waals surface area contributed by atoms with Gasteiger partial charge in [-0.25, -0.2) is 9.59 Å². The summed E-state index contributed by atoms with van der Waals surface area (Å²) in [5.74, 6) is 0.163. The van der Waals surface area contributed by atoms with E-state index in [0.29, 0.717) is 44.9 Å². The van der Waals surface area contributed by atoms with E-state index >= 15 is 0 Å². The van der Waals surface area contributed by atoms with Crippen molar-refractivity contribution in [2.45, 2.75) is 0 Å². The third kappa shape index (κ3) is 3.96. The molecule has 0 bridgehead atoms. The molecule has 6 aromatic rings. The Labute approximate surface area is 241 Å². The van der Waals surface area contributed by atoms with Gasteiger partial charge in [0.1, 0.15) is 23.0 Å². The number of carbonyl (C=O) groups excluding carboxylic acids is 2. The standard InChI is InChI=1S/C36H24O6/c1-39-27-13-7-15-29-33(27)34-28(40-2)14-8-16-30(34)42-36(38)26-20-18-22-10-4-6-12-24(22)32(26)31-23-11-5-3-9-21(23)17-19-25(31)35(37)41-29/h3-20H,1-2H3. The van der Waals surface area contributed by atoms with Gasteiger partial charge < -0.3 is 18.9 Å². The van der Waals surface area contributed by atoms with Gasteiger partial charge in [0.2, 0.25) is 0 Å². The Morgan fingerprint density at radius 2 is 0.881 bits per heavy atom. The first-order chi connectivity index (χ1) is 20.6. The second kappa shape index (κ2) is 10.1. The highest BCUT2D eigenvalue weighted by Gasteiger charge is 2.30. The number of benzene rings is 6. The van der Waals surface area contributed by atoms with Crippen LogP contribution in [0.5, 0.6) is 23.0 Å².